The van der Waals surface area contributed by atoms with Crippen LogP contribution in [0.1, 0.15) is 23.2 Å². The molecule has 1 aromatic rings. The molecule has 0 amide bonds. The Balaban J connectivity index is 1.97. The van der Waals surface area contributed by atoms with Gasteiger partial charge in [0, 0.05) is 13.2 Å². The van der Waals surface area contributed by atoms with E-state index in [1.807, 2.05) is 0 Å². The Morgan fingerprint density at radius 2 is 2.17 bits per heavy atom. The second kappa shape index (κ2) is 6.40. The quantitative estimate of drug-likeness (QED) is 0.752. The standard InChI is InChI=1S/C14H18O4/c1-16-13-2-3-14(12(8-13)9-15)18-10-11-4-6-17-7-5-11/h2-3,8-9,11H,4-7,10H2,1H3. The van der Waals surface area contributed by atoms with Gasteiger partial charge in [0.05, 0.1) is 19.3 Å². The first-order valence-corrected chi connectivity index (χ1v) is 6.17. The number of methoxy groups -OCH3 is 1. The Kier molecular flexibility index (Phi) is 4.59. The molecular weight excluding hydrogens is 232 g/mol. The summed E-state index contributed by atoms with van der Waals surface area (Å²) < 4.78 is 16.1. The van der Waals surface area contributed by atoms with Crippen LogP contribution >= 0.6 is 0 Å². The molecule has 1 saturated heterocycles. The lowest BCUT2D eigenvalue weighted by Gasteiger charge is -2.22. The zero-order valence-electron chi connectivity index (χ0n) is 10.6. The molecule has 1 fully saturated rings. The lowest BCUT2D eigenvalue weighted by atomic mass is 10.0. The van der Waals surface area contributed by atoms with Crippen molar-refractivity contribution in [3.8, 4) is 11.5 Å². The van der Waals surface area contributed by atoms with E-state index < -0.39 is 0 Å². The average molecular weight is 250 g/mol. The molecule has 1 heterocycles. The number of ether oxygens (including phenoxy) is 3. The Morgan fingerprint density at radius 3 is 2.83 bits per heavy atom. The SMILES string of the molecule is COc1ccc(OCC2CCOCC2)c(C=O)c1. The molecule has 0 spiro atoms. The first-order valence-electron chi connectivity index (χ1n) is 6.17. The summed E-state index contributed by atoms with van der Waals surface area (Å²) in [5.41, 5.74) is 0.529. The molecule has 18 heavy (non-hydrogen) atoms. The topological polar surface area (TPSA) is 44.8 Å². The number of aldehydes is 1. The second-order valence-corrected chi connectivity index (χ2v) is 4.39. The van der Waals surface area contributed by atoms with Gasteiger partial charge in [-0.2, -0.15) is 0 Å². The first-order chi connectivity index (χ1) is 8.83. The van der Waals surface area contributed by atoms with Gasteiger partial charge in [0.2, 0.25) is 0 Å². The molecule has 0 aliphatic carbocycles. The van der Waals surface area contributed by atoms with Crippen molar-refractivity contribution in [1.82, 2.24) is 0 Å². The summed E-state index contributed by atoms with van der Waals surface area (Å²) in [5, 5.41) is 0. The normalized spacial score (nSPS) is 16.3. The number of hydrogen-bond acceptors (Lipinski definition) is 4. The van der Waals surface area contributed by atoms with Gasteiger partial charge < -0.3 is 14.2 Å². The molecular formula is C14H18O4. The number of hydrogen-bond donors (Lipinski definition) is 0. The second-order valence-electron chi connectivity index (χ2n) is 4.39. The van der Waals surface area contributed by atoms with Crippen molar-refractivity contribution in [3.63, 3.8) is 0 Å². The monoisotopic (exact) mass is 250 g/mol. The van der Waals surface area contributed by atoms with Crippen molar-refractivity contribution in [2.45, 2.75) is 12.8 Å². The Bertz CT molecular complexity index is 397. The molecule has 4 heteroatoms. The fraction of sp³-hybridized carbons (Fsp3) is 0.500. The zero-order chi connectivity index (χ0) is 12.8. The van der Waals surface area contributed by atoms with E-state index in [1.165, 1.54) is 0 Å². The summed E-state index contributed by atoms with van der Waals surface area (Å²) in [6.45, 7) is 2.24. The van der Waals surface area contributed by atoms with E-state index in [1.54, 1.807) is 25.3 Å². The van der Waals surface area contributed by atoms with Crippen LogP contribution in [-0.2, 0) is 4.74 Å². The maximum Gasteiger partial charge on any atom is 0.153 e. The average Bonchev–Trinajstić information content (AvgIpc) is 2.46. The van der Waals surface area contributed by atoms with Crippen LogP contribution in [0.5, 0.6) is 11.5 Å². The van der Waals surface area contributed by atoms with E-state index in [9.17, 15) is 4.79 Å². The van der Waals surface area contributed by atoms with E-state index >= 15 is 0 Å². The molecule has 0 saturated carbocycles. The Morgan fingerprint density at radius 1 is 1.39 bits per heavy atom. The molecule has 0 unspecified atom stereocenters. The van der Waals surface area contributed by atoms with E-state index in [0.29, 0.717) is 29.6 Å². The minimum atomic E-state index is 0.514. The third kappa shape index (κ3) is 3.23. The molecule has 1 aliphatic heterocycles. The minimum Gasteiger partial charge on any atom is -0.497 e. The predicted octanol–water partition coefficient (Wildman–Crippen LogP) is 2.31. The summed E-state index contributed by atoms with van der Waals surface area (Å²) in [7, 11) is 1.58. The molecule has 98 valence electrons. The van der Waals surface area contributed by atoms with Crippen LogP contribution in [0.4, 0.5) is 0 Å². The highest BCUT2D eigenvalue weighted by Crippen LogP contribution is 2.24. The molecule has 0 bridgehead atoms. The Hall–Kier alpha value is -1.55. The summed E-state index contributed by atoms with van der Waals surface area (Å²) in [5.74, 6) is 1.80. The van der Waals surface area contributed by atoms with Crippen molar-refractivity contribution in [3.05, 3.63) is 23.8 Å². The van der Waals surface area contributed by atoms with Gasteiger partial charge in [-0.3, -0.25) is 4.79 Å². The molecule has 0 atom stereocenters. The van der Waals surface area contributed by atoms with Gasteiger partial charge >= 0.3 is 0 Å². The zero-order valence-corrected chi connectivity index (χ0v) is 10.6. The lowest BCUT2D eigenvalue weighted by molar-refractivity contribution is 0.0496. The molecule has 0 radical (unpaired) electrons. The third-order valence-corrected chi connectivity index (χ3v) is 3.16. The highest BCUT2D eigenvalue weighted by atomic mass is 16.5. The van der Waals surface area contributed by atoms with Crippen LogP contribution < -0.4 is 9.47 Å². The first kappa shape index (κ1) is 12.9. The van der Waals surface area contributed by atoms with Crippen LogP contribution in [0.2, 0.25) is 0 Å². The van der Waals surface area contributed by atoms with Crippen molar-refractivity contribution >= 4 is 6.29 Å². The smallest absolute Gasteiger partial charge is 0.153 e. The largest absolute Gasteiger partial charge is 0.497 e. The summed E-state index contributed by atoms with van der Waals surface area (Å²) in [6.07, 6.45) is 2.83. The summed E-state index contributed by atoms with van der Waals surface area (Å²) >= 11 is 0. The highest BCUT2D eigenvalue weighted by molar-refractivity contribution is 5.80. The van der Waals surface area contributed by atoms with Gasteiger partial charge in [-0.05, 0) is 37.0 Å². The number of benzene rings is 1. The van der Waals surface area contributed by atoms with Crippen LogP contribution in [0.15, 0.2) is 18.2 Å². The maximum atomic E-state index is 11.0. The van der Waals surface area contributed by atoms with Gasteiger partial charge in [-0.1, -0.05) is 0 Å². The maximum absolute atomic E-state index is 11.0. The van der Waals surface area contributed by atoms with Crippen LogP contribution in [0.3, 0.4) is 0 Å². The fourth-order valence-corrected chi connectivity index (χ4v) is 2.00. The van der Waals surface area contributed by atoms with Crippen LogP contribution in [0, 0.1) is 5.92 Å². The van der Waals surface area contributed by atoms with E-state index in [2.05, 4.69) is 0 Å². The van der Waals surface area contributed by atoms with Crippen LogP contribution in [-0.4, -0.2) is 33.2 Å². The number of rotatable bonds is 5. The van der Waals surface area contributed by atoms with Gasteiger partial charge in [-0.25, -0.2) is 0 Å². The molecule has 1 aliphatic rings. The number of carbonyl (C=O) groups excluding carboxylic acids is 1. The molecule has 0 aromatic heterocycles. The number of carbonyl (C=O) groups is 1. The minimum absolute atomic E-state index is 0.514. The van der Waals surface area contributed by atoms with Gasteiger partial charge in [0.25, 0.3) is 0 Å². The fourth-order valence-electron chi connectivity index (χ4n) is 2.00. The Labute approximate surface area is 107 Å². The molecule has 2 rings (SSSR count). The van der Waals surface area contributed by atoms with E-state index in [4.69, 9.17) is 14.2 Å². The summed E-state index contributed by atoms with van der Waals surface area (Å²) in [4.78, 5) is 11.0. The van der Waals surface area contributed by atoms with Crippen molar-refractivity contribution in [1.29, 1.82) is 0 Å². The predicted molar refractivity (Wildman–Crippen MR) is 67.4 cm³/mol. The van der Waals surface area contributed by atoms with Gasteiger partial charge in [0.15, 0.2) is 6.29 Å². The van der Waals surface area contributed by atoms with Crippen molar-refractivity contribution in [2.75, 3.05) is 26.9 Å². The highest BCUT2D eigenvalue weighted by Gasteiger charge is 2.15. The van der Waals surface area contributed by atoms with E-state index in [0.717, 1.165) is 32.3 Å². The van der Waals surface area contributed by atoms with Crippen molar-refractivity contribution < 1.29 is 19.0 Å². The van der Waals surface area contributed by atoms with Crippen LogP contribution in [0.25, 0.3) is 0 Å². The van der Waals surface area contributed by atoms with Gasteiger partial charge in [0.1, 0.15) is 11.5 Å². The lowest BCUT2D eigenvalue weighted by Crippen LogP contribution is -2.21. The van der Waals surface area contributed by atoms with Crippen molar-refractivity contribution in [2.24, 2.45) is 5.92 Å². The molecule has 0 N–H and O–H groups in total. The van der Waals surface area contributed by atoms with E-state index in [-0.39, 0.29) is 0 Å². The summed E-state index contributed by atoms with van der Waals surface area (Å²) in [6, 6.07) is 5.26. The molecule has 4 nitrogen and oxygen atoms in total. The van der Waals surface area contributed by atoms with Gasteiger partial charge in [-0.15, -0.1) is 0 Å². The third-order valence-electron chi connectivity index (χ3n) is 3.16. The molecule has 1 aromatic carbocycles.